The molecule has 1 aliphatic heterocycles. The van der Waals surface area contributed by atoms with Gasteiger partial charge in [-0.2, -0.15) is 5.10 Å². The Labute approximate surface area is 176 Å². The van der Waals surface area contributed by atoms with E-state index < -0.39 is 0 Å². The van der Waals surface area contributed by atoms with Crippen LogP contribution < -0.4 is 5.32 Å². The average molecular weight is 424 g/mol. The number of carbonyl (C=O) groups excluding carboxylic acids is 1. The number of nitrogens with zero attached hydrogens (tertiary/aromatic N) is 4. The van der Waals surface area contributed by atoms with Crippen molar-refractivity contribution >= 4 is 41.3 Å². The van der Waals surface area contributed by atoms with E-state index in [2.05, 4.69) is 27.0 Å². The van der Waals surface area contributed by atoms with Crippen molar-refractivity contribution in [1.29, 1.82) is 0 Å². The summed E-state index contributed by atoms with van der Waals surface area (Å²) in [6.07, 6.45) is 5.91. The van der Waals surface area contributed by atoms with Crippen LogP contribution >= 0.6 is 23.2 Å². The highest BCUT2D eigenvalue weighted by Crippen LogP contribution is 2.21. The first-order valence-electron chi connectivity index (χ1n) is 9.33. The van der Waals surface area contributed by atoms with Crippen molar-refractivity contribution in [2.24, 2.45) is 10.2 Å². The Hall–Kier alpha value is -2.05. The molecule has 6 nitrogen and oxygen atoms in total. The number of benzene rings is 1. The zero-order valence-corrected chi connectivity index (χ0v) is 17.9. The number of urea groups is 1. The summed E-state index contributed by atoms with van der Waals surface area (Å²) in [5.41, 5.74) is 0.959. The molecule has 1 saturated heterocycles. The summed E-state index contributed by atoms with van der Waals surface area (Å²) in [4.78, 5) is 16.4. The third-order valence-electron chi connectivity index (χ3n) is 4.73. The molecule has 0 spiro atoms. The lowest BCUT2D eigenvalue weighted by molar-refractivity contribution is 0.157. The van der Waals surface area contributed by atoms with Crippen LogP contribution in [0.25, 0.3) is 0 Å². The van der Waals surface area contributed by atoms with E-state index in [1.54, 1.807) is 29.3 Å². The van der Waals surface area contributed by atoms with Gasteiger partial charge < -0.3 is 15.1 Å². The molecule has 8 heteroatoms. The van der Waals surface area contributed by atoms with Gasteiger partial charge in [-0.25, -0.2) is 4.79 Å². The van der Waals surface area contributed by atoms with E-state index in [0.29, 0.717) is 29.6 Å². The maximum atomic E-state index is 12.6. The van der Waals surface area contributed by atoms with Gasteiger partial charge in [-0.1, -0.05) is 35.8 Å². The quantitative estimate of drug-likeness (QED) is 0.422. The third kappa shape index (κ3) is 6.24. The van der Waals surface area contributed by atoms with Crippen molar-refractivity contribution < 1.29 is 4.79 Å². The minimum Gasteiger partial charge on any atom is -0.353 e. The second-order valence-corrected chi connectivity index (χ2v) is 7.45. The van der Waals surface area contributed by atoms with E-state index in [-0.39, 0.29) is 12.1 Å². The van der Waals surface area contributed by atoms with Gasteiger partial charge >= 0.3 is 6.03 Å². The molecule has 0 saturated carbocycles. The Kier molecular flexibility index (Phi) is 8.80. The highest BCUT2D eigenvalue weighted by molar-refractivity contribution is 6.35. The molecule has 1 N–H and O–H groups in total. The molecule has 1 atom stereocenters. The van der Waals surface area contributed by atoms with Crippen LogP contribution in [-0.2, 0) is 6.42 Å². The van der Waals surface area contributed by atoms with Gasteiger partial charge in [-0.05, 0) is 50.0 Å². The normalized spacial score (nSPS) is 17.6. The van der Waals surface area contributed by atoms with E-state index >= 15 is 0 Å². The fraction of sp³-hybridized carbons (Fsp3) is 0.450. The SMILES string of the molecule is C=C/C(=N\N=C/C)N1CCC[C@@H](N(C)C(=O)NCCc2ccc(Cl)cc2Cl)C1. The van der Waals surface area contributed by atoms with Crippen molar-refractivity contribution in [1.82, 2.24) is 15.1 Å². The predicted molar refractivity (Wildman–Crippen MR) is 118 cm³/mol. The van der Waals surface area contributed by atoms with Gasteiger partial charge in [-0.3, -0.25) is 0 Å². The number of piperidine rings is 1. The van der Waals surface area contributed by atoms with Crippen LogP contribution in [0.1, 0.15) is 25.3 Å². The van der Waals surface area contributed by atoms with Crippen molar-refractivity contribution in [2.45, 2.75) is 32.2 Å². The maximum Gasteiger partial charge on any atom is 0.317 e. The fourth-order valence-corrected chi connectivity index (χ4v) is 3.65. The molecular formula is C20H27Cl2N5O. The number of carbonyl (C=O) groups is 1. The number of nitrogens with one attached hydrogen (secondary N) is 1. The molecule has 1 aromatic rings. The van der Waals surface area contributed by atoms with Crippen LogP contribution in [0.15, 0.2) is 41.1 Å². The highest BCUT2D eigenvalue weighted by atomic mass is 35.5. The number of amides is 2. The fourth-order valence-electron chi connectivity index (χ4n) is 3.15. The molecule has 1 heterocycles. The standard InChI is InChI=1S/C20H27Cl2N5O/c1-4-19(25-24-5-2)27-12-6-7-17(14-27)26(3)20(28)23-11-10-15-8-9-16(21)13-18(15)22/h4-5,8-9,13,17H,1,6-7,10-12,14H2,2-3H3,(H,23,28)/b24-5-,25-19+/t17-/m1/s1. The van der Waals surface area contributed by atoms with Gasteiger partial charge in [0.1, 0.15) is 0 Å². The van der Waals surface area contributed by atoms with E-state index in [1.165, 1.54) is 0 Å². The molecule has 1 aliphatic rings. The topological polar surface area (TPSA) is 60.3 Å². The minimum absolute atomic E-state index is 0.0967. The highest BCUT2D eigenvalue weighted by Gasteiger charge is 2.27. The van der Waals surface area contributed by atoms with Gasteiger partial charge in [0, 0.05) is 42.9 Å². The van der Waals surface area contributed by atoms with Crippen LogP contribution in [0.2, 0.25) is 10.0 Å². The summed E-state index contributed by atoms with van der Waals surface area (Å²) < 4.78 is 0. The van der Waals surface area contributed by atoms with Crippen LogP contribution in [0.5, 0.6) is 0 Å². The van der Waals surface area contributed by atoms with Gasteiger partial charge in [0.25, 0.3) is 0 Å². The third-order valence-corrected chi connectivity index (χ3v) is 5.32. The summed E-state index contributed by atoms with van der Waals surface area (Å²) in [6.45, 7) is 7.73. The van der Waals surface area contributed by atoms with Crippen molar-refractivity contribution in [3.63, 3.8) is 0 Å². The molecule has 1 aromatic carbocycles. The molecule has 0 aliphatic carbocycles. The Morgan fingerprint density at radius 2 is 2.25 bits per heavy atom. The molecule has 0 unspecified atom stereocenters. The largest absolute Gasteiger partial charge is 0.353 e. The van der Waals surface area contributed by atoms with Crippen LogP contribution in [0.4, 0.5) is 4.79 Å². The number of amidine groups is 1. The first-order valence-corrected chi connectivity index (χ1v) is 10.1. The molecule has 1 fully saturated rings. The molecule has 0 aromatic heterocycles. The second kappa shape index (κ2) is 11.1. The summed E-state index contributed by atoms with van der Waals surface area (Å²) in [5.74, 6) is 0.731. The predicted octanol–water partition coefficient (Wildman–Crippen LogP) is 4.23. The van der Waals surface area contributed by atoms with Crippen LogP contribution in [0, 0.1) is 0 Å². The van der Waals surface area contributed by atoms with E-state index in [9.17, 15) is 4.79 Å². The van der Waals surface area contributed by atoms with Crippen molar-refractivity contribution in [2.75, 3.05) is 26.7 Å². The lowest BCUT2D eigenvalue weighted by Crippen LogP contribution is -2.52. The van der Waals surface area contributed by atoms with Crippen LogP contribution in [0.3, 0.4) is 0 Å². The molecule has 0 radical (unpaired) electrons. The number of likely N-dealkylation sites (N-methyl/N-ethyl adjacent to an activating group) is 1. The van der Waals surface area contributed by atoms with Crippen molar-refractivity contribution in [3.05, 3.63) is 46.5 Å². The smallest absolute Gasteiger partial charge is 0.317 e. The Bertz CT molecular complexity index is 750. The first kappa shape index (κ1) is 22.2. The van der Waals surface area contributed by atoms with E-state index in [1.807, 2.05) is 20.0 Å². The summed E-state index contributed by atoms with van der Waals surface area (Å²) >= 11 is 12.1. The van der Waals surface area contributed by atoms with Gasteiger partial charge in [0.2, 0.25) is 0 Å². The average Bonchev–Trinajstić information content (AvgIpc) is 2.69. The number of hydrogen-bond acceptors (Lipinski definition) is 3. The molecular weight excluding hydrogens is 397 g/mol. The minimum atomic E-state index is -0.0967. The molecule has 28 heavy (non-hydrogen) atoms. The molecule has 152 valence electrons. The molecule has 2 amide bonds. The number of likely N-dealkylation sites (tertiary alicyclic amines) is 1. The van der Waals surface area contributed by atoms with Gasteiger partial charge in [0.05, 0.1) is 6.04 Å². The maximum absolute atomic E-state index is 12.6. The zero-order valence-electron chi connectivity index (χ0n) is 16.4. The monoisotopic (exact) mass is 423 g/mol. The van der Waals surface area contributed by atoms with E-state index in [4.69, 9.17) is 23.2 Å². The number of rotatable bonds is 6. The van der Waals surface area contributed by atoms with Crippen LogP contribution in [-0.4, -0.2) is 60.6 Å². The Balaban J connectivity index is 1.88. The van der Waals surface area contributed by atoms with Gasteiger partial charge in [-0.15, -0.1) is 5.10 Å². The lowest BCUT2D eigenvalue weighted by atomic mass is 10.0. The van der Waals surface area contributed by atoms with Crippen molar-refractivity contribution in [3.8, 4) is 0 Å². The van der Waals surface area contributed by atoms with E-state index in [0.717, 1.165) is 30.8 Å². The molecule has 0 bridgehead atoms. The molecule has 2 rings (SSSR count). The summed E-state index contributed by atoms with van der Waals surface area (Å²) in [5, 5.41) is 12.3. The van der Waals surface area contributed by atoms with Gasteiger partial charge in [0.15, 0.2) is 5.84 Å². The second-order valence-electron chi connectivity index (χ2n) is 6.61. The summed E-state index contributed by atoms with van der Waals surface area (Å²) in [6, 6.07) is 5.40. The summed E-state index contributed by atoms with van der Waals surface area (Å²) in [7, 11) is 1.83. The zero-order chi connectivity index (χ0) is 20.5. The number of hydrogen-bond donors (Lipinski definition) is 1. The Morgan fingerprint density at radius 1 is 1.46 bits per heavy atom. The number of halogens is 2. The first-order chi connectivity index (χ1) is 13.5. The Morgan fingerprint density at radius 3 is 2.93 bits per heavy atom. The lowest BCUT2D eigenvalue weighted by Gasteiger charge is -2.38.